The van der Waals surface area contributed by atoms with E-state index in [1.165, 1.54) is 22.1 Å². The Morgan fingerprint density at radius 1 is 1.05 bits per heavy atom. The minimum atomic E-state index is -0.730. The zero-order chi connectivity index (χ0) is 13.8. The summed E-state index contributed by atoms with van der Waals surface area (Å²) >= 11 is 0. The van der Waals surface area contributed by atoms with Gasteiger partial charge in [0.1, 0.15) is 13.6 Å². The average molecular weight is 248 g/mol. The van der Waals surface area contributed by atoms with Gasteiger partial charge in [0.25, 0.3) is 0 Å². The van der Waals surface area contributed by atoms with Crippen LogP contribution in [0.5, 0.6) is 5.75 Å². The van der Waals surface area contributed by atoms with E-state index in [0.29, 0.717) is 0 Å². The highest BCUT2D eigenvalue weighted by molar-refractivity contribution is 6.17. The van der Waals surface area contributed by atoms with Crippen LogP contribution in [0.2, 0.25) is 0 Å². The third kappa shape index (κ3) is 1.86. The molecule has 1 atom stereocenters. The van der Waals surface area contributed by atoms with Gasteiger partial charge in [-0.15, -0.1) is 0 Å². The van der Waals surface area contributed by atoms with Crippen LogP contribution >= 0.6 is 0 Å². The molecule has 0 spiro atoms. The second-order valence-electron chi connectivity index (χ2n) is 5.66. The van der Waals surface area contributed by atoms with Crippen LogP contribution in [0.1, 0.15) is 29.2 Å². The van der Waals surface area contributed by atoms with Crippen molar-refractivity contribution in [3.8, 4) is 5.75 Å². The highest BCUT2D eigenvalue weighted by Crippen LogP contribution is 2.41. The van der Waals surface area contributed by atoms with Gasteiger partial charge in [0.15, 0.2) is 0 Å². The number of benzene rings is 2. The van der Waals surface area contributed by atoms with Crippen LogP contribution in [0.4, 0.5) is 0 Å². The van der Waals surface area contributed by atoms with Gasteiger partial charge >= 0.3 is 0 Å². The van der Waals surface area contributed by atoms with Gasteiger partial charge in [-0.25, -0.2) is 0 Å². The van der Waals surface area contributed by atoms with Crippen LogP contribution in [-0.4, -0.2) is 13.3 Å². The lowest BCUT2D eigenvalue weighted by Crippen LogP contribution is -2.32. The Balaban J connectivity index is 2.43. The molecule has 0 aliphatic carbocycles. The van der Waals surface area contributed by atoms with E-state index in [2.05, 4.69) is 45.0 Å². The Hall–Kier alpha value is -1.70. The molecule has 2 radical (unpaired) electrons. The maximum absolute atomic E-state index is 6.09. The van der Waals surface area contributed by atoms with Crippen molar-refractivity contribution in [2.75, 3.05) is 0 Å². The zero-order valence-electron chi connectivity index (χ0n) is 11.9. The minimum Gasteiger partial charge on any atom is -0.492 e. The zero-order valence-corrected chi connectivity index (χ0v) is 11.9. The summed E-state index contributed by atoms with van der Waals surface area (Å²) < 4.78 is 6.00. The third-order valence-electron chi connectivity index (χ3n) is 3.94. The lowest BCUT2D eigenvalue weighted by molar-refractivity contribution is 0.227. The predicted molar refractivity (Wildman–Crippen MR) is 82.0 cm³/mol. The molecule has 1 nitrogen and oxygen atoms in total. The maximum atomic E-state index is 6.09. The lowest BCUT2D eigenvalue weighted by atomic mass is 9.80. The van der Waals surface area contributed by atoms with E-state index >= 15 is 0 Å². The summed E-state index contributed by atoms with van der Waals surface area (Å²) in [6.07, 6.45) is 4.00. The van der Waals surface area contributed by atoms with Gasteiger partial charge in [0.2, 0.25) is 0 Å². The predicted octanol–water partition coefficient (Wildman–Crippen LogP) is 4.06. The molecule has 0 fully saturated rings. The molecule has 3 rings (SSSR count). The van der Waals surface area contributed by atoms with E-state index in [1.807, 2.05) is 13.0 Å². The molecule has 1 aliphatic heterocycles. The number of aryl methyl sites for hydroxylation is 2. The van der Waals surface area contributed by atoms with E-state index < -0.39 is 5.50 Å². The van der Waals surface area contributed by atoms with Gasteiger partial charge in [-0.3, -0.25) is 0 Å². The van der Waals surface area contributed by atoms with Crippen LogP contribution in [0.15, 0.2) is 24.3 Å². The van der Waals surface area contributed by atoms with Crippen molar-refractivity contribution in [2.24, 2.45) is 0 Å². The van der Waals surface area contributed by atoms with Crippen molar-refractivity contribution >= 4 is 24.7 Å². The fourth-order valence-electron chi connectivity index (χ4n) is 2.70. The first-order valence-corrected chi connectivity index (χ1v) is 6.60. The number of hydrogen-bond donors (Lipinski definition) is 0. The highest BCUT2D eigenvalue weighted by atomic mass is 16.5. The van der Waals surface area contributed by atoms with Crippen LogP contribution < -0.4 is 4.74 Å². The Labute approximate surface area is 115 Å². The van der Waals surface area contributed by atoms with Crippen LogP contribution in [0.3, 0.4) is 0 Å². The summed E-state index contributed by atoms with van der Waals surface area (Å²) in [7, 11) is 6.09. The van der Waals surface area contributed by atoms with Crippen molar-refractivity contribution in [1.82, 2.24) is 0 Å². The summed E-state index contributed by atoms with van der Waals surface area (Å²) in [5.74, 6) is 0.908. The number of fused-ring (bicyclic) bond motifs is 3. The first-order chi connectivity index (χ1) is 8.89. The fraction of sp³-hybridized carbons (Fsp3) is 0.294. The average Bonchev–Trinajstić information content (AvgIpc) is 2.35. The van der Waals surface area contributed by atoms with Crippen LogP contribution in [0, 0.1) is 20.8 Å². The molecule has 19 heavy (non-hydrogen) atoms. The van der Waals surface area contributed by atoms with Gasteiger partial charge in [0, 0.05) is 10.9 Å². The maximum Gasteiger partial charge on any atom is 0.137 e. The van der Waals surface area contributed by atoms with Crippen molar-refractivity contribution in [1.29, 1.82) is 0 Å². The molecule has 0 amide bonds. The molecule has 0 saturated heterocycles. The Kier molecular flexibility index (Phi) is 2.53. The van der Waals surface area contributed by atoms with E-state index in [4.69, 9.17) is 12.6 Å². The highest BCUT2D eigenvalue weighted by Gasteiger charge is 2.25. The Bertz CT molecular complexity index is 711. The first-order valence-electron chi connectivity index (χ1n) is 6.60. The monoisotopic (exact) mass is 248 g/mol. The molecule has 1 aliphatic rings. The standard InChI is InChI=1S/C17H17BO/c1-10-5-6-14-15(9-10)12(3)11(2)13-7-8-17(4,18)19-16(13)14/h5-9H,1-4H3. The lowest BCUT2D eigenvalue weighted by Gasteiger charge is -2.31. The molecule has 1 unspecified atom stereocenters. The topological polar surface area (TPSA) is 9.23 Å². The van der Waals surface area contributed by atoms with Crippen LogP contribution in [0.25, 0.3) is 16.8 Å². The molecule has 1 heterocycles. The van der Waals surface area contributed by atoms with E-state index in [0.717, 1.165) is 16.7 Å². The number of ether oxygens (including phenoxy) is 1. The van der Waals surface area contributed by atoms with Gasteiger partial charge in [-0.1, -0.05) is 35.9 Å². The smallest absolute Gasteiger partial charge is 0.137 e. The molecule has 2 aromatic rings. The summed E-state index contributed by atoms with van der Waals surface area (Å²) in [6, 6.07) is 6.46. The van der Waals surface area contributed by atoms with E-state index in [9.17, 15) is 0 Å². The summed E-state index contributed by atoms with van der Waals surface area (Å²) in [4.78, 5) is 0. The molecule has 0 aromatic heterocycles. The molecule has 2 heteroatoms. The third-order valence-corrected chi connectivity index (χ3v) is 3.94. The van der Waals surface area contributed by atoms with E-state index in [-0.39, 0.29) is 0 Å². The van der Waals surface area contributed by atoms with Gasteiger partial charge < -0.3 is 4.74 Å². The van der Waals surface area contributed by atoms with Gasteiger partial charge in [-0.05, 0) is 44.2 Å². The Morgan fingerprint density at radius 2 is 1.79 bits per heavy atom. The summed E-state index contributed by atoms with van der Waals surface area (Å²) in [5, 5.41) is 2.40. The summed E-state index contributed by atoms with van der Waals surface area (Å²) in [6.45, 7) is 8.30. The molecular formula is C17H17BO. The second-order valence-corrected chi connectivity index (χ2v) is 5.66. The SMILES string of the molecule is [B]C1(C)C=Cc2c(C)c(C)c3cc(C)ccc3c2O1. The quantitative estimate of drug-likeness (QED) is 0.639. The van der Waals surface area contributed by atoms with Gasteiger partial charge in [-0.2, -0.15) is 0 Å². The van der Waals surface area contributed by atoms with Crippen molar-refractivity contribution < 1.29 is 4.74 Å². The molecule has 0 bridgehead atoms. The molecule has 0 N–H and O–H groups in total. The number of hydrogen-bond acceptors (Lipinski definition) is 1. The fourth-order valence-corrected chi connectivity index (χ4v) is 2.70. The number of rotatable bonds is 0. The molecular weight excluding hydrogens is 231 g/mol. The van der Waals surface area contributed by atoms with Crippen LogP contribution in [-0.2, 0) is 0 Å². The van der Waals surface area contributed by atoms with Crippen molar-refractivity contribution in [3.63, 3.8) is 0 Å². The minimum absolute atomic E-state index is 0.730. The molecule has 94 valence electrons. The Morgan fingerprint density at radius 3 is 2.53 bits per heavy atom. The van der Waals surface area contributed by atoms with Crippen molar-refractivity contribution in [3.05, 3.63) is 46.5 Å². The first kappa shape index (κ1) is 12.3. The second kappa shape index (κ2) is 3.90. The largest absolute Gasteiger partial charge is 0.492 e. The van der Waals surface area contributed by atoms with Gasteiger partial charge in [0.05, 0.1) is 5.50 Å². The normalized spacial score (nSPS) is 21.3. The summed E-state index contributed by atoms with van der Waals surface area (Å²) in [5.41, 5.74) is 4.26. The molecule has 0 saturated carbocycles. The van der Waals surface area contributed by atoms with Crippen molar-refractivity contribution in [2.45, 2.75) is 33.2 Å². The van der Waals surface area contributed by atoms with E-state index in [1.54, 1.807) is 0 Å². The molecule has 2 aromatic carbocycles.